The lowest BCUT2D eigenvalue weighted by Crippen LogP contribution is -2.39. The lowest BCUT2D eigenvalue weighted by Gasteiger charge is -2.11. The molecule has 0 spiro atoms. The van der Waals surface area contributed by atoms with Gasteiger partial charge in [0.1, 0.15) is 0 Å². The first-order valence-electron chi connectivity index (χ1n) is 8.49. The number of nitrogens with zero attached hydrogens (tertiary/aromatic N) is 1. The van der Waals surface area contributed by atoms with Crippen molar-refractivity contribution in [3.05, 3.63) is 21.9 Å². The topological polar surface area (TPSA) is 54.9 Å². The molecule has 0 fully saturated rings. The molecule has 140 valence electrons. The molecule has 0 bridgehead atoms. The Morgan fingerprint density at radius 2 is 1.83 bits per heavy atom. The maximum absolute atomic E-state index is 5.54. The molecule has 0 saturated heterocycles. The van der Waals surface area contributed by atoms with Gasteiger partial charge in [-0.05, 0) is 32.4 Å². The third-order valence-corrected chi connectivity index (χ3v) is 4.07. The number of rotatable bonds is 12. The highest BCUT2D eigenvalue weighted by atomic mass is 127. The number of aryl methyl sites for hydroxylation is 1. The van der Waals surface area contributed by atoms with Crippen molar-refractivity contribution in [1.29, 1.82) is 0 Å². The van der Waals surface area contributed by atoms with Gasteiger partial charge in [0.25, 0.3) is 0 Å². The van der Waals surface area contributed by atoms with E-state index >= 15 is 0 Å². The fourth-order valence-electron chi connectivity index (χ4n) is 1.88. The zero-order chi connectivity index (χ0) is 16.8. The fraction of sp³-hybridized carbons (Fsp3) is 0.706. The van der Waals surface area contributed by atoms with Crippen molar-refractivity contribution in [3.8, 4) is 0 Å². The Morgan fingerprint density at radius 3 is 2.46 bits per heavy atom. The summed E-state index contributed by atoms with van der Waals surface area (Å²) in [6.45, 7) is 11.4. The first-order chi connectivity index (χ1) is 11.3. The first kappa shape index (κ1) is 23.6. The van der Waals surface area contributed by atoms with Crippen LogP contribution in [0.25, 0.3) is 0 Å². The van der Waals surface area contributed by atoms with Crippen molar-refractivity contribution in [2.75, 3.05) is 39.5 Å². The second kappa shape index (κ2) is 16.1. The summed E-state index contributed by atoms with van der Waals surface area (Å²) in [5, 5.41) is 6.53. The second-order valence-corrected chi connectivity index (χ2v) is 6.59. The van der Waals surface area contributed by atoms with Gasteiger partial charge in [0, 0.05) is 29.5 Å². The Labute approximate surface area is 167 Å². The number of halogens is 1. The van der Waals surface area contributed by atoms with Gasteiger partial charge in [-0.2, -0.15) is 0 Å². The molecule has 0 saturated carbocycles. The van der Waals surface area contributed by atoms with Crippen LogP contribution in [0, 0.1) is 6.92 Å². The predicted molar refractivity (Wildman–Crippen MR) is 114 cm³/mol. The Bertz CT molecular complexity index is 441. The van der Waals surface area contributed by atoms with Crippen LogP contribution < -0.4 is 10.6 Å². The van der Waals surface area contributed by atoms with Gasteiger partial charge in [-0.15, -0.1) is 35.3 Å². The van der Waals surface area contributed by atoms with E-state index in [9.17, 15) is 0 Å². The molecule has 1 heterocycles. The third-order valence-electron chi connectivity index (χ3n) is 3.09. The number of ether oxygens (including phenoxy) is 2. The minimum absolute atomic E-state index is 0. The van der Waals surface area contributed by atoms with Crippen molar-refractivity contribution < 1.29 is 9.47 Å². The predicted octanol–water partition coefficient (Wildman–Crippen LogP) is 3.56. The van der Waals surface area contributed by atoms with Gasteiger partial charge in [0.2, 0.25) is 0 Å². The Balaban J connectivity index is 0.00000529. The molecule has 0 radical (unpaired) electrons. The largest absolute Gasteiger partial charge is 0.379 e. The molecule has 0 aliphatic heterocycles. The van der Waals surface area contributed by atoms with E-state index in [-0.39, 0.29) is 24.0 Å². The number of thiophene rings is 1. The van der Waals surface area contributed by atoms with E-state index in [1.807, 2.05) is 0 Å². The van der Waals surface area contributed by atoms with Gasteiger partial charge in [0.15, 0.2) is 5.96 Å². The van der Waals surface area contributed by atoms with E-state index in [1.54, 1.807) is 11.3 Å². The van der Waals surface area contributed by atoms with Crippen LogP contribution in [0.5, 0.6) is 0 Å². The average Bonchev–Trinajstić information content (AvgIpc) is 2.96. The van der Waals surface area contributed by atoms with Crippen LogP contribution in [-0.4, -0.2) is 45.5 Å². The van der Waals surface area contributed by atoms with Crippen LogP contribution in [-0.2, 0) is 16.0 Å². The summed E-state index contributed by atoms with van der Waals surface area (Å²) in [5.41, 5.74) is 0. The number of hydrogen-bond acceptors (Lipinski definition) is 4. The summed E-state index contributed by atoms with van der Waals surface area (Å²) in [7, 11) is 0. The molecule has 0 unspecified atom stereocenters. The molecule has 0 amide bonds. The Morgan fingerprint density at radius 1 is 1.08 bits per heavy atom. The molecular formula is C17H32IN3O2S. The zero-order valence-corrected chi connectivity index (χ0v) is 18.2. The molecule has 1 aromatic heterocycles. The first-order valence-corrected chi connectivity index (χ1v) is 9.30. The van der Waals surface area contributed by atoms with E-state index < -0.39 is 0 Å². The standard InChI is InChI=1S/C17H31N3O2S.HI/c1-4-6-10-21-12-13-22-11-9-19-17(18-5-2)20-14-16-8-7-15(3)23-16;/h7-8H,4-6,9-14H2,1-3H3,(H2,18,19,20);1H. The summed E-state index contributed by atoms with van der Waals surface area (Å²) in [5.74, 6) is 0.835. The molecule has 0 aliphatic rings. The van der Waals surface area contributed by atoms with Crippen LogP contribution in [0.15, 0.2) is 17.1 Å². The lowest BCUT2D eigenvalue weighted by molar-refractivity contribution is 0.0487. The number of hydrogen-bond donors (Lipinski definition) is 2. The summed E-state index contributed by atoms with van der Waals surface area (Å²) in [6.07, 6.45) is 2.29. The number of aliphatic imine (C=N–C) groups is 1. The van der Waals surface area contributed by atoms with Crippen LogP contribution >= 0.6 is 35.3 Å². The maximum atomic E-state index is 5.54. The van der Waals surface area contributed by atoms with E-state index in [2.05, 4.69) is 48.5 Å². The molecule has 0 atom stereocenters. The smallest absolute Gasteiger partial charge is 0.191 e. The highest BCUT2D eigenvalue weighted by molar-refractivity contribution is 14.0. The van der Waals surface area contributed by atoms with Gasteiger partial charge in [0.05, 0.1) is 26.4 Å². The van der Waals surface area contributed by atoms with Crippen molar-refractivity contribution in [3.63, 3.8) is 0 Å². The van der Waals surface area contributed by atoms with Gasteiger partial charge < -0.3 is 20.1 Å². The molecular weight excluding hydrogens is 437 g/mol. The fourth-order valence-corrected chi connectivity index (χ4v) is 2.69. The minimum atomic E-state index is 0. The molecule has 2 N–H and O–H groups in total. The van der Waals surface area contributed by atoms with Crippen molar-refractivity contribution in [2.24, 2.45) is 4.99 Å². The number of guanidine groups is 1. The van der Waals surface area contributed by atoms with E-state index in [1.165, 1.54) is 16.2 Å². The van der Waals surface area contributed by atoms with Gasteiger partial charge in [-0.3, -0.25) is 0 Å². The second-order valence-electron chi connectivity index (χ2n) is 5.21. The van der Waals surface area contributed by atoms with Gasteiger partial charge in [-0.25, -0.2) is 4.99 Å². The molecule has 1 rings (SSSR count). The summed E-state index contributed by atoms with van der Waals surface area (Å²) >= 11 is 1.79. The van der Waals surface area contributed by atoms with Gasteiger partial charge >= 0.3 is 0 Å². The number of nitrogens with one attached hydrogen (secondary N) is 2. The number of unbranched alkanes of at least 4 members (excludes halogenated alkanes) is 1. The van der Waals surface area contributed by atoms with E-state index in [0.717, 1.165) is 32.1 Å². The molecule has 1 aromatic rings. The van der Waals surface area contributed by atoms with E-state index in [4.69, 9.17) is 9.47 Å². The highest BCUT2D eigenvalue weighted by Gasteiger charge is 1.99. The third kappa shape index (κ3) is 12.0. The van der Waals surface area contributed by atoms with Gasteiger partial charge in [-0.1, -0.05) is 13.3 Å². The maximum Gasteiger partial charge on any atom is 0.191 e. The average molecular weight is 469 g/mol. The van der Waals surface area contributed by atoms with Crippen molar-refractivity contribution in [1.82, 2.24) is 10.6 Å². The summed E-state index contributed by atoms with van der Waals surface area (Å²) < 4.78 is 11.0. The normalized spacial score (nSPS) is 11.2. The van der Waals surface area contributed by atoms with Crippen LogP contribution in [0.2, 0.25) is 0 Å². The zero-order valence-electron chi connectivity index (χ0n) is 15.1. The molecule has 0 aliphatic carbocycles. The highest BCUT2D eigenvalue weighted by Crippen LogP contribution is 2.15. The van der Waals surface area contributed by atoms with Crippen LogP contribution in [0.3, 0.4) is 0 Å². The van der Waals surface area contributed by atoms with Crippen molar-refractivity contribution >= 4 is 41.3 Å². The monoisotopic (exact) mass is 469 g/mol. The SMILES string of the molecule is CCCCOCCOCCNC(=NCc1ccc(C)s1)NCC.I. The Kier molecular flexibility index (Phi) is 15.9. The quantitative estimate of drug-likeness (QED) is 0.213. The summed E-state index contributed by atoms with van der Waals surface area (Å²) in [4.78, 5) is 7.19. The Hall–Kier alpha value is -0.380. The summed E-state index contributed by atoms with van der Waals surface area (Å²) in [6, 6.07) is 4.26. The van der Waals surface area contributed by atoms with E-state index in [0.29, 0.717) is 26.4 Å². The lowest BCUT2D eigenvalue weighted by atomic mass is 10.4. The molecule has 24 heavy (non-hydrogen) atoms. The van der Waals surface area contributed by atoms with Crippen LogP contribution in [0.1, 0.15) is 36.4 Å². The molecule has 0 aromatic carbocycles. The minimum Gasteiger partial charge on any atom is -0.379 e. The van der Waals surface area contributed by atoms with Crippen LogP contribution in [0.4, 0.5) is 0 Å². The van der Waals surface area contributed by atoms with Crippen molar-refractivity contribution in [2.45, 2.75) is 40.2 Å². The molecule has 7 heteroatoms. The molecule has 5 nitrogen and oxygen atoms in total.